The number of nitrogens with one attached hydrogen (secondary N) is 1. The van der Waals surface area contributed by atoms with Gasteiger partial charge in [-0.05, 0) is 32.1 Å². The Balaban J connectivity index is 1.95. The Morgan fingerprint density at radius 1 is 1.20 bits per heavy atom. The molecule has 3 rings (SSSR count). The number of hydrogen-bond acceptors (Lipinski definition) is 4. The Kier molecular flexibility index (Phi) is 4.76. The summed E-state index contributed by atoms with van der Waals surface area (Å²) < 4.78 is 0. The van der Waals surface area contributed by atoms with E-state index in [2.05, 4.69) is 11.9 Å². The topological polar surface area (TPSA) is 45.8 Å². The third kappa shape index (κ3) is 2.93. The van der Waals surface area contributed by atoms with Crippen LogP contribution in [0.3, 0.4) is 0 Å². The molecule has 1 aliphatic heterocycles. The van der Waals surface area contributed by atoms with E-state index >= 15 is 0 Å². The Morgan fingerprint density at radius 2 is 2.00 bits per heavy atom. The standard InChI is InChI=1S/C15H22N2OS2/c1-2-12-13(20-9-8-19-12)14-16-11-7-5-3-4-6-10(11)15(18)17-14/h12-13H,2-9H2,1H3,(H,16,17,18). The molecular weight excluding hydrogens is 288 g/mol. The van der Waals surface area contributed by atoms with Crippen LogP contribution in [0.15, 0.2) is 4.79 Å². The van der Waals surface area contributed by atoms with Crippen molar-refractivity contribution >= 4 is 23.5 Å². The van der Waals surface area contributed by atoms with E-state index in [-0.39, 0.29) is 5.56 Å². The highest BCUT2D eigenvalue weighted by Crippen LogP contribution is 2.42. The lowest BCUT2D eigenvalue weighted by molar-refractivity contribution is 0.705. The molecule has 1 aromatic rings. The molecule has 0 bridgehead atoms. The van der Waals surface area contributed by atoms with Crippen LogP contribution in [0.1, 0.15) is 54.9 Å². The number of hydrogen-bond donors (Lipinski definition) is 1. The molecule has 3 nitrogen and oxygen atoms in total. The minimum absolute atomic E-state index is 0.123. The molecule has 2 unspecified atom stereocenters. The van der Waals surface area contributed by atoms with Gasteiger partial charge in [-0.1, -0.05) is 13.3 Å². The smallest absolute Gasteiger partial charge is 0.254 e. The van der Waals surface area contributed by atoms with E-state index in [1.807, 2.05) is 23.5 Å². The number of thioether (sulfide) groups is 2. The average Bonchev–Trinajstić information content (AvgIpc) is 2.73. The van der Waals surface area contributed by atoms with Gasteiger partial charge in [-0.15, -0.1) is 11.8 Å². The number of aromatic nitrogens is 2. The summed E-state index contributed by atoms with van der Waals surface area (Å²) in [6.45, 7) is 2.23. The van der Waals surface area contributed by atoms with Gasteiger partial charge in [0.25, 0.3) is 5.56 Å². The van der Waals surface area contributed by atoms with E-state index in [9.17, 15) is 4.79 Å². The molecule has 1 aromatic heterocycles. The van der Waals surface area contributed by atoms with Crippen LogP contribution < -0.4 is 5.56 Å². The minimum Gasteiger partial charge on any atom is -0.309 e. The van der Waals surface area contributed by atoms with Crippen LogP contribution in [0, 0.1) is 0 Å². The lowest BCUT2D eigenvalue weighted by Crippen LogP contribution is -2.26. The van der Waals surface area contributed by atoms with Crippen molar-refractivity contribution in [1.29, 1.82) is 0 Å². The van der Waals surface area contributed by atoms with E-state index in [1.165, 1.54) is 18.6 Å². The first-order chi connectivity index (χ1) is 9.79. The summed E-state index contributed by atoms with van der Waals surface area (Å²) in [5.41, 5.74) is 2.15. The Hall–Kier alpha value is -0.420. The van der Waals surface area contributed by atoms with E-state index in [0.717, 1.165) is 48.5 Å². The largest absolute Gasteiger partial charge is 0.309 e. The molecule has 1 saturated heterocycles. The second-order valence-corrected chi connectivity index (χ2v) is 8.14. The quantitative estimate of drug-likeness (QED) is 0.851. The number of H-pyrrole nitrogens is 1. The normalized spacial score (nSPS) is 26.9. The maximum atomic E-state index is 12.4. The maximum absolute atomic E-state index is 12.4. The van der Waals surface area contributed by atoms with Crippen LogP contribution in [-0.4, -0.2) is 26.7 Å². The molecule has 5 heteroatoms. The fourth-order valence-corrected chi connectivity index (χ4v) is 6.10. The fraction of sp³-hybridized carbons (Fsp3) is 0.733. The number of fused-ring (bicyclic) bond motifs is 1. The van der Waals surface area contributed by atoms with Crippen LogP contribution >= 0.6 is 23.5 Å². The zero-order valence-electron chi connectivity index (χ0n) is 12.0. The number of aromatic amines is 1. The molecule has 0 saturated carbocycles. The van der Waals surface area contributed by atoms with Crippen LogP contribution in [0.25, 0.3) is 0 Å². The number of nitrogens with zero attached hydrogens (tertiary/aromatic N) is 1. The predicted molar refractivity (Wildman–Crippen MR) is 87.9 cm³/mol. The Bertz CT molecular complexity index is 529. The van der Waals surface area contributed by atoms with E-state index in [0.29, 0.717) is 10.5 Å². The summed E-state index contributed by atoms with van der Waals surface area (Å²) in [5.74, 6) is 3.31. The van der Waals surface area contributed by atoms with Gasteiger partial charge in [-0.3, -0.25) is 4.79 Å². The van der Waals surface area contributed by atoms with Gasteiger partial charge in [-0.2, -0.15) is 11.8 Å². The lowest BCUT2D eigenvalue weighted by Gasteiger charge is -2.29. The van der Waals surface area contributed by atoms with Gasteiger partial charge in [0.2, 0.25) is 0 Å². The summed E-state index contributed by atoms with van der Waals surface area (Å²) in [4.78, 5) is 20.3. The van der Waals surface area contributed by atoms with Crippen LogP contribution in [-0.2, 0) is 12.8 Å². The van der Waals surface area contributed by atoms with Crippen molar-refractivity contribution in [3.63, 3.8) is 0 Å². The second-order valence-electron chi connectivity index (χ2n) is 5.55. The minimum atomic E-state index is 0.123. The predicted octanol–water partition coefficient (Wildman–Crippen LogP) is 3.34. The summed E-state index contributed by atoms with van der Waals surface area (Å²) in [6.07, 6.45) is 6.55. The molecule has 110 valence electrons. The first kappa shape index (κ1) is 14.5. The molecule has 20 heavy (non-hydrogen) atoms. The van der Waals surface area contributed by atoms with Gasteiger partial charge in [0, 0.05) is 22.3 Å². The average molecular weight is 310 g/mol. The molecular formula is C15H22N2OS2. The summed E-state index contributed by atoms with van der Waals surface area (Å²) >= 11 is 3.99. The van der Waals surface area contributed by atoms with Crippen molar-refractivity contribution in [2.24, 2.45) is 0 Å². The highest BCUT2D eigenvalue weighted by Gasteiger charge is 2.29. The molecule has 0 aromatic carbocycles. The monoisotopic (exact) mass is 310 g/mol. The molecule has 1 fully saturated rings. The molecule has 0 spiro atoms. The summed E-state index contributed by atoms with van der Waals surface area (Å²) in [6, 6.07) is 0. The lowest BCUT2D eigenvalue weighted by atomic mass is 10.1. The molecule has 0 amide bonds. The van der Waals surface area contributed by atoms with E-state index in [1.54, 1.807) is 0 Å². The fourth-order valence-electron chi connectivity index (χ4n) is 3.09. The van der Waals surface area contributed by atoms with Gasteiger partial charge >= 0.3 is 0 Å². The zero-order chi connectivity index (χ0) is 13.9. The SMILES string of the molecule is CCC1SCCSC1c1nc2c(c(=O)[nH]1)CCCCC2. The van der Waals surface area contributed by atoms with Crippen LogP contribution in [0.2, 0.25) is 0 Å². The van der Waals surface area contributed by atoms with Crippen molar-refractivity contribution in [1.82, 2.24) is 9.97 Å². The maximum Gasteiger partial charge on any atom is 0.254 e. The Labute approximate surface area is 128 Å². The first-order valence-corrected chi connectivity index (χ1v) is 9.74. The van der Waals surface area contributed by atoms with E-state index < -0.39 is 0 Å². The zero-order valence-corrected chi connectivity index (χ0v) is 13.6. The van der Waals surface area contributed by atoms with Crippen LogP contribution in [0.4, 0.5) is 0 Å². The summed E-state index contributed by atoms with van der Waals surface area (Å²) in [7, 11) is 0. The third-order valence-corrected chi connectivity index (χ3v) is 7.44. The highest BCUT2D eigenvalue weighted by molar-refractivity contribution is 8.06. The number of aryl methyl sites for hydroxylation is 1. The molecule has 2 atom stereocenters. The van der Waals surface area contributed by atoms with Crippen molar-refractivity contribution in [2.75, 3.05) is 11.5 Å². The molecule has 2 aliphatic rings. The van der Waals surface area contributed by atoms with E-state index in [4.69, 9.17) is 4.98 Å². The number of rotatable bonds is 2. The van der Waals surface area contributed by atoms with Gasteiger partial charge in [0.1, 0.15) is 5.82 Å². The van der Waals surface area contributed by atoms with Gasteiger partial charge < -0.3 is 4.98 Å². The van der Waals surface area contributed by atoms with Gasteiger partial charge in [0.05, 0.1) is 10.9 Å². The van der Waals surface area contributed by atoms with Crippen molar-refractivity contribution < 1.29 is 0 Å². The Morgan fingerprint density at radius 3 is 2.85 bits per heavy atom. The molecule has 1 N–H and O–H groups in total. The molecule has 0 radical (unpaired) electrons. The van der Waals surface area contributed by atoms with Gasteiger partial charge in [0.15, 0.2) is 0 Å². The van der Waals surface area contributed by atoms with Crippen molar-refractivity contribution in [3.8, 4) is 0 Å². The van der Waals surface area contributed by atoms with Crippen LogP contribution in [0.5, 0.6) is 0 Å². The highest BCUT2D eigenvalue weighted by atomic mass is 32.2. The van der Waals surface area contributed by atoms with Gasteiger partial charge in [-0.25, -0.2) is 4.98 Å². The molecule has 2 heterocycles. The summed E-state index contributed by atoms with van der Waals surface area (Å²) in [5, 5.41) is 0.945. The molecule has 1 aliphatic carbocycles. The second kappa shape index (κ2) is 6.56. The first-order valence-electron chi connectivity index (χ1n) is 7.64. The third-order valence-electron chi connectivity index (χ3n) is 4.18. The van der Waals surface area contributed by atoms with Crippen molar-refractivity contribution in [2.45, 2.75) is 55.9 Å². The van der Waals surface area contributed by atoms with Crippen molar-refractivity contribution in [3.05, 3.63) is 27.4 Å².